The highest BCUT2D eigenvalue weighted by Crippen LogP contribution is 2.36. The smallest absolute Gasteiger partial charge is 0.164 e. The van der Waals surface area contributed by atoms with Gasteiger partial charge in [-0.3, -0.25) is 0 Å². The number of amidine groups is 4. The Kier molecular flexibility index (Phi) is 4.45. The fourth-order valence-corrected chi connectivity index (χ4v) is 4.72. The molecule has 6 rings (SSSR count). The molecule has 1 aromatic carbocycles. The van der Waals surface area contributed by atoms with Gasteiger partial charge in [0.25, 0.3) is 0 Å². The van der Waals surface area contributed by atoms with E-state index in [1.807, 2.05) is 44.3 Å². The van der Waals surface area contributed by atoms with Crippen molar-refractivity contribution in [3.05, 3.63) is 69.8 Å². The Morgan fingerprint density at radius 2 is 1.41 bits per heavy atom. The molecule has 3 N–H and O–H groups in total. The molecular formula is C26H26N8. The minimum absolute atomic E-state index is 0.637. The fraction of sp³-hybridized carbons (Fsp3) is 0.231. The number of benzene rings is 1. The normalized spacial score (nSPS) is 16.4. The quantitative estimate of drug-likeness (QED) is 0.464. The zero-order valence-corrected chi connectivity index (χ0v) is 19.9. The van der Waals surface area contributed by atoms with Crippen molar-refractivity contribution in [2.24, 2.45) is 27.0 Å². The molecule has 5 heterocycles. The third-order valence-corrected chi connectivity index (χ3v) is 6.79. The van der Waals surface area contributed by atoms with Gasteiger partial charge in [0.2, 0.25) is 0 Å². The van der Waals surface area contributed by atoms with E-state index in [4.69, 9.17) is 20.0 Å². The predicted octanol–water partition coefficient (Wildman–Crippen LogP) is 5.38. The van der Waals surface area contributed by atoms with Crippen LogP contribution in [0.15, 0.2) is 67.5 Å². The Morgan fingerprint density at radius 3 is 2.12 bits per heavy atom. The Hall–Kier alpha value is -4.20. The van der Waals surface area contributed by atoms with Gasteiger partial charge in [-0.05, 0) is 50.5 Å². The lowest BCUT2D eigenvalue weighted by atomic mass is 10.1. The molecule has 8 bridgehead atoms. The van der Waals surface area contributed by atoms with Crippen LogP contribution in [0.3, 0.4) is 0 Å². The van der Waals surface area contributed by atoms with Crippen molar-refractivity contribution in [1.29, 1.82) is 0 Å². The molecule has 0 aliphatic carbocycles. The molecule has 0 atom stereocenters. The van der Waals surface area contributed by atoms with Crippen molar-refractivity contribution >= 4 is 46.6 Å². The van der Waals surface area contributed by atoms with E-state index in [9.17, 15) is 0 Å². The number of H-pyrrole nitrogens is 1. The molecule has 0 radical (unpaired) electrons. The van der Waals surface area contributed by atoms with Gasteiger partial charge >= 0.3 is 0 Å². The topological polar surface area (TPSA) is 94.2 Å². The lowest BCUT2D eigenvalue weighted by molar-refractivity contribution is 0.922. The molecule has 0 unspecified atom stereocenters. The highest BCUT2D eigenvalue weighted by Gasteiger charge is 2.26. The first-order valence-electron chi connectivity index (χ1n) is 11.5. The number of anilines is 3. The second-order valence-corrected chi connectivity index (χ2v) is 8.79. The van der Waals surface area contributed by atoms with Crippen LogP contribution in [0.2, 0.25) is 0 Å². The van der Waals surface area contributed by atoms with E-state index in [1.165, 1.54) is 11.1 Å². The molecule has 3 aliphatic rings. The van der Waals surface area contributed by atoms with Gasteiger partial charge in [-0.15, -0.1) is 0 Å². The third kappa shape index (κ3) is 2.98. The average molecular weight is 451 g/mol. The van der Waals surface area contributed by atoms with Crippen molar-refractivity contribution in [3.8, 4) is 0 Å². The van der Waals surface area contributed by atoms with Crippen LogP contribution in [0.25, 0.3) is 0 Å². The highest BCUT2D eigenvalue weighted by molar-refractivity contribution is 6.29. The van der Waals surface area contributed by atoms with Gasteiger partial charge in [-0.2, -0.15) is 0 Å². The zero-order valence-electron chi connectivity index (χ0n) is 19.9. The van der Waals surface area contributed by atoms with Crippen LogP contribution in [0, 0.1) is 6.92 Å². The van der Waals surface area contributed by atoms with Crippen LogP contribution in [0.1, 0.15) is 43.0 Å². The predicted molar refractivity (Wildman–Crippen MR) is 140 cm³/mol. The van der Waals surface area contributed by atoms with Crippen molar-refractivity contribution in [2.45, 2.75) is 34.1 Å². The van der Waals surface area contributed by atoms with Gasteiger partial charge in [0.05, 0.1) is 0 Å². The van der Waals surface area contributed by atoms with E-state index in [-0.39, 0.29) is 0 Å². The SMILES string of the molecule is CCc1c(C)c2n(C)c1N=C1N=C(N=C3N=C(Nc4ccc([nH]4)N2)C(C)=C3C)c2ccccc21. The average Bonchev–Trinajstić information content (AvgIpc) is 3.54. The molecule has 170 valence electrons. The standard InChI is InChI=1S/C26H26N8/c1-6-16-15(4)25-29-20-12-11-19(27-20)28-21-13(2)14(3)22(30-21)31-23-17-9-7-8-10-18(17)24(32-23)33-26(16)34(25)5/h7-12,27,29H,6H2,1-5H3,(H,28,30,31,32,33). The summed E-state index contributed by atoms with van der Waals surface area (Å²) in [5, 5.41) is 6.96. The maximum Gasteiger partial charge on any atom is 0.164 e. The molecule has 0 saturated heterocycles. The summed E-state index contributed by atoms with van der Waals surface area (Å²) in [6.07, 6.45) is 0.867. The molecule has 2 aromatic heterocycles. The molecule has 3 aromatic rings. The highest BCUT2D eigenvalue weighted by atomic mass is 15.2. The lowest BCUT2D eigenvalue weighted by Gasteiger charge is -2.09. The molecular weight excluding hydrogens is 424 g/mol. The Balaban J connectivity index is 1.62. The minimum atomic E-state index is 0.637. The molecule has 8 heteroatoms. The van der Waals surface area contributed by atoms with Crippen molar-refractivity contribution in [3.63, 3.8) is 0 Å². The summed E-state index contributed by atoms with van der Waals surface area (Å²) in [6, 6.07) is 12.1. The molecule has 8 nitrogen and oxygen atoms in total. The number of rotatable bonds is 1. The van der Waals surface area contributed by atoms with E-state index in [0.717, 1.165) is 57.8 Å². The van der Waals surface area contributed by atoms with E-state index < -0.39 is 0 Å². The van der Waals surface area contributed by atoms with Crippen LogP contribution in [-0.4, -0.2) is 32.9 Å². The molecule has 0 amide bonds. The first-order valence-corrected chi connectivity index (χ1v) is 11.5. The van der Waals surface area contributed by atoms with E-state index in [0.29, 0.717) is 17.5 Å². The number of nitrogens with zero attached hydrogens (tertiary/aromatic N) is 5. The number of hydrogen-bond acceptors (Lipinski definition) is 6. The zero-order chi connectivity index (χ0) is 23.6. The Bertz CT molecular complexity index is 1520. The lowest BCUT2D eigenvalue weighted by Crippen LogP contribution is -2.11. The van der Waals surface area contributed by atoms with E-state index >= 15 is 0 Å². The maximum atomic E-state index is 5.08. The molecule has 0 saturated carbocycles. The Labute approximate surface area is 198 Å². The van der Waals surface area contributed by atoms with Crippen molar-refractivity contribution in [2.75, 3.05) is 10.6 Å². The molecule has 0 fully saturated rings. The first-order chi connectivity index (χ1) is 16.4. The van der Waals surface area contributed by atoms with Crippen LogP contribution in [0.4, 0.5) is 23.3 Å². The number of aromatic nitrogens is 2. The summed E-state index contributed by atoms with van der Waals surface area (Å²) in [6.45, 7) is 8.39. The number of aliphatic imine (C=N–C) groups is 4. The molecule has 0 spiro atoms. The number of hydrogen-bond donors (Lipinski definition) is 3. The minimum Gasteiger partial charge on any atom is -0.328 e. The van der Waals surface area contributed by atoms with Gasteiger partial charge in [-0.1, -0.05) is 31.2 Å². The second-order valence-electron chi connectivity index (χ2n) is 8.79. The largest absolute Gasteiger partial charge is 0.328 e. The molecule has 34 heavy (non-hydrogen) atoms. The number of fused-ring (bicyclic) bond motifs is 9. The summed E-state index contributed by atoms with van der Waals surface area (Å²) in [5.41, 5.74) is 6.40. The van der Waals surface area contributed by atoms with E-state index in [1.54, 1.807) is 0 Å². The number of aromatic amines is 1. The monoisotopic (exact) mass is 450 g/mol. The number of nitrogens with one attached hydrogen (secondary N) is 3. The van der Waals surface area contributed by atoms with Crippen LogP contribution < -0.4 is 10.6 Å². The fourth-order valence-electron chi connectivity index (χ4n) is 4.72. The summed E-state index contributed by atoms with van der Waals surface area (Å²) in [7, 11) is 2.04. The van der Waals surface area contributed by atoms with Gasteiger partial charge in [0.1, 0.15) is 29.1 Å². The van der Waals surface area contributed by atoms with E-state index in [2.05, 4.69) is 47.0 Å². The third-order valence-electron chi connectivity index (χ3n) is 6.79. The second kappa shape index (κ2) is 7.41. The van der Waals surface area contributed by atoms with Gasteiger partial charge in [0, 0.05) is 29.3 Å². The van der Waals surface area contributed by atoms with Crippen molar-refractivity contribution in [1.82, 2.24) is 9.55 Å². The summed E-state index contributed by atoms with van der Waals surface area (Å²) in [4.78, 5) is 23.0. The maximum absolute atomic E-state index is 5.08. The Morgan fingerprint density at radius 1 is 0.765 bits per heavy atom. The van der Waals surface area contributed by atoms with Crippen LogP contribution >= 0.6 is 0 Å². The summed E-state index contributed by atoms with van der Waals surface area (Å²) in [5.74, 6) is 6.39. The summed E-state index contributed by atoms with van der Waals surface area (Å²) >= 11 is 0. The first kappa shape index (κ1) is 20.4. The van der Waals surface area contributed by atoms with Gasteiger partial charge in [0.15, 0.2) is 17.5 Å². The summed E-state index contributed by atoms with van der Waals surface area (Å²) < 4.78 is 2.10. The van der Waals surface area contributed by atoms with Gasteiger partial charge in [-0.25, -0.2) is 20.0 Å². The van der Waals surface area contributed by atoms with Crippen LogP contribution in [-0.2, 0) is 13.5 Å². The van der Waals surface area contributed by atoms with Gasteiger partial charge < -0.3 is 20.2 Å². The van der Waals surface area contributed by atoms with Crippen molar-refractivity contribution < 1.29 is 0 Å². The van der Waals surface area contributed by atoms with Crippen LogP contribution in [0.5, 0.6) is 0 Å². The molecule has 3 aliphatic heterocycles.